The fourth-order valence-corrected chi connectivity index (χ4v) is 4.54. The van der Waals surface area contributed by atoms with Crippen LogP contribution >= 0.6 is 36.4 Å². The number of benzene rings is 1. The highest BCUT2D eigenvalue weighted by atomic mass is 35.5. The van der Waals surface area contributed by atoms with Crippen molar-refractivity contribution in [1.82, 2.24) is 20.3 Å². The van der Waals surface area contributed by atoms with Gasteiger partial charge < -0.3 is 20.6 Å². The van der Waals surface area contributed by atoms with Crippen molar-refractivity contribution in [3.63, 3.8) is 0 Å². The number of Topliss-reactive ketones (excluding diaryl/α,β-unsaturated/α-hetero) is 1. The number of phenols is 1. The van der Waals surface area contributed by atoms with Gasteiger partial charge >= 0.3 is 0 Å². The fraction of sp³-hybridized carbons (Fsp3) is 0.231. The molecule has 0 spiro atoms. The predicted molar refractivity (Wildman–Crippen MR) is 153 cm³/mol. The summed E-state index contributed by atoms with van der Waals surface area (Å²) in [5, 5.41) is 16.1. The Morgan fingerprint density at radius 3 is 2.58 bits per heavy atom. The zero-order valence-electron chi connectivity index (χ0n) is 20.5. The Labute approximate surface area is 236 Å². The van der Waals surface area contributed by atoms with Gasteiger partial charge in [0.15, 0.2) is 17.3 Å². The summed E-state index contributed by atoms with van der Waals surface area (Å²) in [5.41, 5.74) is 3.31. The maximum atomic E-state index is 14.1. The minimum absolute atomic E-state index is 0. The number of hydrogen-bond donors (Lipinski definition) is 3. The molecule has 5 rings (SSSR count). The van der Waals surface area contributed by atoms with Crippen LogP contribution in [0.25, 0.3) is 22.3 Å². The van der Waals surface area contributed by atoms with Crippen LogP contribution in [0.3, 0.4) is 0 Å². The molecular formula is C26H26Cl3FN6O2. The normalized spacial score (nSPS) is 14.6. The molecule has 4 aromatic rings. The second-order valence-electron chi connectivity index (χ2n) is 8.71. The van der Waals surface area contributed by atoms with E-state index >= 15 is 0 Å². The Morgan fingerprint density at radius 1 is 1.16 bits per heavy atom. The highest BCUT2D eigenvalue weighted by Crippen LogP contribution is 2.34. The van der Waals surface area contributed by atoms with Crippen molar-refractivity contribution in [1.29, 1.82) is 0 Å². The maximum Gasteiger partial charge on any atom is 0.170 e. The van der Waals surface area contributed by atoms with E-state index in [9.17, 15) is 14.3 Å². The van der Waals surface area contributed by atoms with E-state index in [0.29, 0.717) is 45.3 Å². The van der Waals surface area contributed by atoms with Crippen LogP contribution in [0.15, 0.2) is 48.8 Å². The summed E-state index contributed by atoms with van der Waals surface area (Å²) in [7, 11) is 1.96. The van der Waals surface area contributed by atoms with Crippen molar-refractivity contribution in [2.45, 2.75) is 19.4 Å². The number of rotatable bonds is 6. The Balaban J connectivity index is 0.00000200. The van der Waals surface area contributed by atoms with Crippen LogP contribution in [0, 0.1) is 5.82 Å². The number of likely N-dealkylation sites (N-methyl/N-ethyl adjacent to an activating group) is 1. The lowest BCUT2D eigenvalue weighted by Crippen LogP contribution is -2.29. The molecule has 0 saturated carbocycles. The molecule has 1 unspecified atom stereocenters. The van der Waals surface area contributed by atoms with Crippen LogP contribution in [0.4, 0.5) is 21.6 Å². The summed E-state index contributed by atoms with van der Waals surface area (Å²) in [5.74, 6) is -0.761. The average Bonchev–Trinajstić information content (AvgIpc) is 3.36. The molecule has 1 saturated heterocycles. The minimum Gasteiger partial charge on any atom is -0.504 e. The van der Waals surface area contributed by atoms with Gasteiger partial charge in [0.25, 0.3) is 0 Å². The predicted octanol–water partition coefficient (Wildman–Crippen LogP) is 5.78. The topological polar surface area (TPSA) is 103 Å². The smallest absolute Gasteiger partial charge is 0.170 e. The molecule has 1 fully saturated rings. The third-order valence-electron chi connectivity index (χ3n) is 6.34. The second-order valence-corrected chi connectivity index (χ2v) is 9.11. The van der Waals surface area contributed by atoms with Crippen LogP contribution in [0.5, 0.6) is 5.75 Å². The van der Waals surface area contributed by atoms with Crippen molar-refractivity contribution in [3.05, 3.63) is 65.2 Å². The van der Waals surface area contributed by atoms with E-state index in [1.54, 1.807) is 18.3 Å². The Hall–Kier alpha value is -3.24. The molecule has 1 atom stereocenters. The number of nitrogens with zero attached hydrogens (tertiary/aromatic N) is 4. The molecule has 4 heterocycles. The molecule has 0 bridgehead atoms. The molecule has 0 amide bonds. The van der Waals surface area contributed by atoms with Gasteiger partial charge in [-0.15, -0.1) is 24.8 Å². The van der Waals surface area contributed by atoms with E-state index in [1.165, 1.54) is 19.2 Å². The number of carbonyl (C=O) groups excluding carboxylic acids is 1. The van der Waals surface area contributed by atoms with Crippen molar-refractivity contribution >= 4 is 70.4 Å². The number of nitrogens with one attached hydrogen (secondary N) is 2. The number of aromatic hydroxyl groups is 1. The zero-order chi connectivity index (χ0) is 25.4. The Kier molecular flexibility index (Phi) is 9.32. The lowest BCUT2D eigenvalue weighted by molar-refractivity contribution is 0.101. The SMILES string of the molecule is CNC1CCN(c2ccc(Nc3c(C(C)=O)cnc4ccc(-c5cc(F)c(O)c(Cl)c5)nc34)cn2)C1.Cl.Cl. The number of halogens is 4. The molecule has 1 aromatic carbocycles. The van der Waals surface area contributed by atoms with Gasteiger partial charge in [-0.05, 0) is 56.8 Å². The molecule has 200 valence electrons. The Morgan fingerprint density at radius 2 is 1.95 bits per heavy atom. The second kappa shape index (κ2) is 12.1. The molecule has 3 N–H and O–H groups in total. The van der Waals surface area contributed by atoms with Crippen LogP contribution in [-0.2, 0) is 0 Å². The first-order valence-electron chi connectivity index (χ1n) is 11.5. The van der Waals surface area contributed by atoms with Gasteiger partial charge in [-0.25, -0.2) is 14.4 Å². The first kappa shape index (κ1) is 29.3. The number of aromatic nitrogens is 3. The summed E-state index contributed by atoms with van der Waals surface area (Å²) in [6.45, 7) is 3.29. The summed E-state index contributed by atoms with van der Waals surface area (Å²) in [6.07, 6.45) is 4.29. The zero-order valence-corrected chi connectivity index (χ0v) is 22.9. The third kappa shape index (κ3) is 5.76. The summed E-state index contributed by atoms with van der Waals surface area (Å²) >= 11 is 5.97. The molecule has 38 heavy (non-hydrogen) atoms. The quantitative estimate of drug-likeness (QED) is 0.247. The van der Waals surface area contributed by atoms with Crippen molar-refractivity contribution in [3.8, 4) is 17.0 Å². The molecule has 1 aliphatic heterocycles. The summed E-state index contributed by atoms with van der Waals surface area (Å²) < 4.78 is 14.1. The lowest BCUT2D eigenvalue weighted by Gasteiger charge is -2.18. The van der Waals surface area contributed by atoms with E-state index in [-0.39, 0.29) is 35.6 Å². The van der Waals surface area contributed by atoms with Gasteiger partial charge in [0.05, 0.1) is 39.4 Å². The molecule has 3 aromatic heterocycles. The number of anilines is 3. The number of fused-ring (bicyclic) bond motifs is 1. The van der Waals surface area contributed by atoms with E-state index in [2.05, 4.69) is 30.5 Å². The lowest BCUT2D eigenvalue weighted by atomic mass is 10.1. The molecular weight excluding hydrogens is 554 g/mol. The first-order chi connectivity index (χ1) is 17.3. The van der Waals surface area contributed by atoms with Crippen molar-refractivity contribution < 1.29 is 14.3 Å². The molecule has 8 nitrogen and oxygen atoms in total. The van der Waals surface area contributed by atoms with Crippen LogP contribution < -0.4 is 15.5 Å². The summed E-state index contributed by atoms with van der Waals surface area (Å²) in [4.78, 5) is 28.3. The molecule has 1 aliphatic rings. The fourth-order valence-electron chi connectivity index (χ4n) is 4.33. The monoisotopic (exact) mass is 578 g/mol. The maximum absolute atomic E-state index is 14.1. The molecule has 0 aliphatic carbocycles. The van der Waals surface area contributed by atoms with Gasteiger partial charge in [-0.3, -0.25) is 9.78 Å². The van der Waals surface area contributed by atoms with Crippen LogP contribution in [-0.4, -0.2) is 52.0 Å². The highest BCUT2D eigenvalue weighted by molar-refractivity contribution is 6.32. The van der Waals surface area contributed by atoms with E-state index in [0.717, 1.165) is 31.4 Å². The standard InChI is InChI=1S/C26H24ClFN6O2.2ClH/c1-14(35)18-12-30-22-5-4-21(15-9-19(27)26(36)20(28)10-15)33-25(22)24(18)32-16-3-6-23(31-11-16)34-8-7-17(13-34)29-2;;/h3-6,9-12,17,29,36H,7-8,13H2,1-2H3,(H,30,32);2*1H. The number of ketones is 1. The number of carbonyl (C=O) groups is 1. The molecule has 0 radical (unpaired) electrons. The molecule has 12 heteroatoms. The van der Waals surface area contributed by atoms with E-state index < -0.39 is 11.6 Å². The van der Waals surface area contributed by atoms with E-state index in [4.69, 9.17) is 11.6 Å². The number of hydrogen-bond acceptors (Lipinski definition) is 8. The van der Waals surface area contributed by atoms with Gasteiger partial charge in [0.2, 0.25) is 0 Å². The van der Waals surface area contributed by atoms with Crippen LogP contribution in [0.2, 0.25) is 5.02 Å². The van der Waals surface area contributed by atoms with Crippen LogP contribution in [0.1, 0.15) is 23.7 Å². The van der Waals surface area contributed by atoms with Gasteiger partial charge in [-0.1, -0.05) is 11.6 Å². The minimum atomic E-state index is -0.849. The van der Waals surface area contributed by atoms with Gasteiger partial charge in [0.1, 0.15) is 11.3 Å². The van der Waals surface area contributed by atoms with Gasteiger partial charge in [0, 0.05) is 30.9 Å². The Bertz CT molecular complexity index is 1450. The first-order valence-corrected chi connectivity index (χ1v) is 11.9. The average molecular weight is 580 g/mol. The number of pyridine rings is 3. The highest BCUT2D eigenvalue weighted by Gasteiger charge is 2.22. The van der Waals surface area contributed by atoms with Gasteiger partial charge in [-0.2, -0.15) is 0 Å². The number of phenolic OH excluding ortho intramolecular Hbond substituents is 1. The van der Waals surface area contributed by atoms with Crippen molar-refractivity contribution in [2.75, 3.05) is 30.4 Å². The third-order valence-corrected chi connectivity index (χ3v) is 6.63. The largest absolute Gasteiger partial charge is 0.504 e. The summed E-state index contributed by atoms with van der Waals surface area (Å²) in [6, 6.07) is 10.3. The van der Waals surface area contributed by atoms with Crippen molar-refractivity contribution in [2.24, 2.45) is 0 Å². The van der Waals surface area contributed by atoms with E-state index in [1.807, 2.05) is 19.2 Å².